The molecule has 0 saturated carbocycles. The van der Waals surface area contributed by atoms with Crippen molar-refractivity contribution in [1.29, 1.82) is 0 Å². The number of hydrogen-bond acceptors (Lipinski definition) is 5. The van der Waals surface area contributed by atoms with Gasteiger partial charge in [0.25, 0.3) is 0 Å². The molecule has 0 aliphatic heterocycles. The van der Waals surface area contributed by atoms with Crippen LogP contribution in [-0.2, 0) is 17.8 Å². The van der Waals surface area contributed by atoms with E-state index in [9.17, 15) is 9.59 Å². The number of benzene rings is 4. The molecule has 6 heteroatoms. The topological polar surface area (TPSA) is 70.4 Å². The predicted octanol–water partition coefficient (Wildman–Crippen LogP) is 6.93. The number of carbonyl (C=O) groups excluding carboxylic acids is 2. The maximum absolute atomic E-state index is 13.2. The second-order valence-corrected chi connectivity index (χ2v) is 9.61. The van der Waals surface area contributed by atoms with Crippen molar-refractivity contribution in [2.24, 2.45) is 0 Å². The standard InChI is InChI=1S/C34H32N2O4/c1-2-7-28-22-29(34(38)27-12-10-26(11-13-27)25-8-4-3-5-9-25)14-17-33(28)40-21-6-20-39-31-15-16-32-30(23-31)24-35-36(32)18-19-37/h3-5,8-17,19,22-24H,2,6-7,18,20-21H2,1H3. The fourth-order valence-electron chi connectivity index (χ4n) is 4.74. The molecule has 4 aromatic carbocycles. The van der Waals surface area contributed by atoms with Crippen molar-refractivity contribution < 1.29 is 19.1 Å². The summed E-state index contributed by atoms with van der Waals surface area (Å²) in [7, 11) is 0. The van der Waals surface area contributed by atoms with Crippen molar-refractivity contribution in [1.82, 2.24) is 9.78 Å². The Kier molecular flexibility index (Phi) is 8.66. The monoisotopic (exact) mass is 532 g/mol. The lowest BCUT2D eigenvalue weighted by atomic mass is 9.97. The Morgan fingerprint density at radius 3 is 2.38 bits per heavy atom. The normalized spacial score (nSPS) is 10.9. The van der Waals surface area contributed by atoms with Gasteiger partial charge >= 0.3 is 0 Å². The smallest absolute Gasteiger partial charge is 0.193 e. The molecular weight excluding hydrogens is 500 g/mol. The number of hydrogen-bond donors (Lipinski definition) is 0. The van der Waals surface area contributed by atoms with Crippen LogP contribution in [0.25, 0.3) is 22.0 Å². The van der Waals surface area contributed by atoms with Crippen molar-refractivity contribution in [3.63, 3.8) is 0 Å². The summed E-state index contributed by atoms with van der Waals surface area (Å²) >= 11 is 0. The van der Waals surface area contributed by atoms with Crippen molar-refractivity contribution in [2.75, 3.05) is 13.2 Å². The van der Waals surface area contributed by atoms with E-state index in [2.05, 4.69) is 24.2 Å². The van der Waals surface area contributed by atoms with Gasteiger partial charge in [-0.3, -0.25) is 9.48 Å². The molecule has 202 valence electrons. The predicted molar refractivity (Wildman–Crippen MR) is 157 cm³/mol. The number of carbonyl (C=O) groups is 2. The maximum Gasteiger partial charge on any atom is 0.193 e. The van der Waals surface area contributed by atoms with Crippen LogP contribution in [0.15, 0.2) is 97.2 Å². The highest BCUT2D eigenvalue weighted by molar-refractivity contribution is 6.09. The molecule has 0 N–H and O–H groups in total. The van der Waals surface area contributed by atoms with Crippen LogP contribution in [0.1, 0.15) is 41.3 Å². The quantitative estimate of drug-likeness (QED) is 0.0934. The van der Waals surface area contributed by atoms with Gasteiger partial charge in [-0.05, 0) is 59.5 Å². The molecule has 0 atom stereocenters. The van der Waals surface area contributed by atoms with Gasteiger partial charge in [-0.2, -0.15) is 5.10 Å². The van der Waals surface area contributed by atoms with Crippen LogP contribution in [0.3, 0.4) is 0 Å². The Morgan fingerprint density at radius 2 is 1.60 bits per heavy atom. The SMILES string of the molecule is CCCc1cc(C(=O)c2ccc(-c3ccccc3)cc2)ccc1OCCCOc1ccc2c(cnn2CC=O)c1. The zero-order valence-corrected chi connectivity index (χ0v) is 22.6. The number of ketones is 1. The van der Waals surface area contributed by atoms with Crippen molar-refractivity contribution in [2.45, 2.75) is 32.7 Å². The number of nitrogens with zero attached hydrogens (tertiary/aromatic N) is 2. The number of aldehydes is 1. The van der Waals surface area contributed by atoms with Crippen LogP contribution in [0, 0.1) is 0 Å². The van der Waals surface area contributed by atoms with Gasteiger partial charge < -0.3 is 14.3 Å². The first-order chi connectivity index (χ1) is 19.7. The van der Waals surface area contributed by atoms with E-state index in [0.29, 0.717) is 30.8 Å². The fraction of sp³-hybridized carbons (Fsp3) is 0.206. The third-order valence-corrected chi connectivity index (χ3v) is 6.77. The van der Waals surface area contributed by atoms with Gasteiger partial charge in [-0.1, -0.05) is 67.9 Å². The van der Waals surface area contributed by atoms with Crippen LogP contribution in [0.5, 0.6) is 11.5 Å². The third kappa shape index (κ3) is 6.29. The average molecular weight is 533 g/mol. The highest BCUT2D eigenvalue weighted by Crippen LogP contribution is 2.26. The van der Waals surface area contributed by atoms with Gasteiger partial charge in [0.05, 0.1) is 31.5 Å². The molecular formula is C34H32N2O4. The molecule has 0 amide bonds. The highest BCUT2D eigenvalue weighted by atomic mass is 16.5. The average Bonchev–Trinajstić information content (AvgIpc) is 3.40. The zero-order chi connectivity index (χ0) is 27.7. The first-order valence-corrected chi connectivity index (χ1v) is 13.6. The summed E-state index contributed by atoms with van der Waals surface area (Å²) < 4.78 is 13.7. The number of aromatic nitrogens is 2. The number of ether oxygens (including phenoxy) is 2. The van der Waals surface area contributed by atoms with E-state index in [1.807, 2.05) is 78.9 Å². The van der Waals surface area contributed by atoms with Crippen molar-refractivity contribution in [3.8, 4) is 22.6 Å². The summed E-state index contributed by atoms with van der Waals surface area (Å²) in [4.78, 5) is 24.0. The summed E-state index contributed by atoms with van der Waals surface area (Å²) in [5.41, 5.74) is 5.48. The maximum atomic E-state index is 13.2. The molecule has 0 unspecified atom stereocenters. The molecule has 1 heterocycles. The molecule has 1 aromatic heterocycles. The minimum Gasteiger partial charge on any atom is -0.493 e. The van der Waals surface area contributed by atoms with Gasteiger partial charge in [-0.15, -0.1) is 0 Å². The van der Waals surface area contributed by atoms with Gasteiger partial charge in [0.1, 0.15) is 17.8 Å². The summed E-state index contributed by atoms with van der Waals surface area (Å²) in [5, 5.41) is 5.16. The van der Waals surface area contributed by atoms with E-state index < -0.39 is 0 Å². The lowest BCUT2D eigenvalue weighted by molar-refractivity contribution is -0.108. The summed E-state index contributed by atoms with van der Waals surface area (Å²) in [5.74, 6) is 1.57. The Bertz CT molecular complexity index is 1590. The molecule has 0 fully saturated rings. The molecule has 5 aromatic rings. The number of rotatable bonds is 13. The van der Waals surface area contributed by atoms with E-state index in [1.165, 1.54) is 0 Å². The number of fused-ring (bicyclic) bond motifs is 1. The van der Waals surface area contributed by atoms with E-state index in [0.717, 1.165) is 58.2 Å². The minimum atomic E-state index is 0.00517. The van der Waals surface area contributed by atoms with E-state index in [-0.39, 0.29) is 12.3 Å². The van der Waals surface area contributed by atoms with Gasteiger partial charge in [0.15, 0.2) is 5.78 Å². The lowest BCUT2D eigenvalue weighted by Crippen LogP contribution is -2.07. The second-order valence-electron chi connectivity index (χ2n) is 9.61. The molecule has 0 bridgehead atoms. The lowest BCUT2D eigenvalue weighted by Gasteiger charge is -2.13. The van der Waals surface area contributed by atoms with Gasteiger partial charge in [0.2, 0.25) is 0 Å². The Balaban J connectivity index is 1.17. The van der Waals surface area contributed by atoms with Crippen LogP contribution >= 0.6 is 0 Å². The van der Waals surface area contributed by atoms with Crippen LogP contribution in [0.2, 0.25) is 0 Å². The number of aryl methyl sites for hydroxylation is 1. The molecule has 0 radical (unpaired) electrons. The molecule has 0 aliphatic rings. The zero-order valence-electron chi connectivity index (χ0n) is 22.6. The largest absolute Gasteiger partial charge is 0.493 e. The van der Waals surface area contributed by atoms with E-state index in [1.54, 1.807) is 10.9 Å². The third-order valence-electron chi connectivity index (χ3n) is 6.77. The fourth-order valence-corrected chi connectivity index (χ4v) is 4.74. The summed E-state index contributed by atoms with van der Waals surface area (Å²) in [6.07, 6.45) is 5.06. The highest BCUT2D eigenvalue weighted by Gasteiger charge is 2.13. The molecule has 40 heavy (non-hydrogen) atoms. The molecule has 5 rings (SSSR count). The summed E-state index contributed by atoms with van der Waals surface area (Å²) in [6, 6.07) is 29.3. The minimum absolute atomic E-state index is 0.00517. The molecule has 0 saturated heterocycles. The second kappa shape index (κ2) is 12.9. The van der Waals surface area contributed by atoms with Gasteiger partial charge in [0, 0.05) is 22.9 Å². The first-order valence-electron chi connectivity index (χ1n) is 13.6. The first kappa shape index (κ1) is 26.9. The van der Waals surface area contributed by atoms with E-state index >= 15 is 0 Å². The molecule has 0 spiro atoms. The Morgan fingerprint density at radius 1 is 0.850 bits per heavy atom. The van der Waals surface area contributed by atoms with Crippen molar-refractivity contribution >= 4 is 23.0 Å². The molecule has 6 nitrogen and oxygen atoms in total. The van der Waals surface area contributed by atoms with E-state index in [4.69, 9.17) is 9.47 Å². The Hall–Kier alpha value is -4.71. The van der Waals surface area contributed by atoms with Crippen molar-refractivity contribution in [3.05, 3.63) is 114 Å². The Labute approximate surface area is 234 Å². The van der Waals surface area contributed by atoms with Crippen LogP contribution in [0.4, 0.5) is 0 Å². The summed E-state index contributed by atoms with van der Waals surface area (Å²) in [6.45, 7) is 3.36. The van der Waals surface area contributed by atoms with Crippen LogP contribution in [-0.4, -0.2) is 35.1 Å². The molecule has 0 aliphatic carbocycles. The van der Waals surface area contributed by atoms with Crippen LogP contribution < -0.4 is 9.47 Å². The van der Waals surface area contributed by atoms with Gasteiger partial charge in [-0.25, -0.2) is 0 Å².